The van der Waals surface area contributed by atoms with Crippen molar-refractivity contribution in [1.29, 1.82) is 0 Å². The summed E-state index contributed by atoms with van der Waals surface area (Å²) < 4.78 is 5.70. The normalized spacial score (nSPS) is 18.3. The molecular weight excluding hydrogens is 264 g/mol. The van der Waals surface area contributed by atoms with Crippen molar-refractivity contribution in [3.05, 3.63) is 18.2 Å². The molecule has 4 heteroatoms. The molecule has 1 saturated carbocycles. The largest absolute Gasteiger partial charge is 0.489 e. The third-order valence-electron chi connectivity index (χ3n) is 4.07. The molecule has 0 saturated heterocycles. The van der Waals surface area contributed by atoms with E-state index in [1.54, 1.807) is 0 Å². The summed E-state index contributed by atoms with van der Waals surface area (Å²) in [5.41, 5.74) is 6.99. The van der Waals surface area contributed by atoms with Gasteiger partial charge in [0.1, 0.15) is 5.75 Å². The van der Waals surface area contributed by atoms with E-state index in [0.29, 0.717) is 18.0 Å². The molecular formula is C17H28N2O2. The molecule has 0 bridgehead atoms. The Morgan fingerprint density at radius 2 is 1.90 bits per heavy atom. The molecule has 1 aliphatic rings. The molecule has 118 valence electrons. The highest BCUT2D eigenvalue weighted by molar-refractivity contribution is 5.73. The molecule has 4 nitrogen and oxygen atoms in total. The number of ether oxygens (including phenoxy) is 1. The molecule has 0 aliphatic heterocycles. The number of aliphatic hydroxyl groups is 1. The van der Waals surface area contributed by atoms with Crippen LogP contribution in [0, 0.1) is 0 Å². The van der Waals surface area contributed by atoms with Crippen LogP contribution in [0.3, 0.4) is 0 Å². The van der Waals surface area contributed by atoms with Crippen molar-refractivity contribution in [2.45, 2.75) is 64.1 Å². The van der Waals surface area contributed by atoms with Crippen molar-refractivity contribution >= 4 is 11.4 Å². The maximum absolute atomic E-state index is 10.7. The molecule has 1 fully saturated rings. The van der Waals surface area contributed by atoms with E-state index in [-0.39, 0.29) is 6.10 Å². The molecule has 0 atom stereocenters. The summed E-state index contributed by atoms with van der Waals surface area (Å²) >= 11 is 0. The van der Waals surface area contributed by atoms with E-state index in [9.17, 15) is 5.11 Å². The standard InChI is InChI=1S/C17H28N2O2/c1-13(2)21-15-9-7-8-14(16(15)18)19-12-17(20)10-5-3-4-6-11-17/h7-9,13,19-20H,3-6,10-12,18H2,1-2H3. The van der Waals surface area contributed by atoms with Crippen LogP contribution in [0.5, 0.6) is 5.75 Å². The Hall–Kier alpha value is -1.42. The van der Waals surface area contributed by atoms with Gasteiger partial charge < -0.3 is 20.9 Å². The SMILES string of the molecule is CC(C)Oc1cccc(NCC2(O)CCCCCC2)c1N. The fraction of sp³-hybridized carbons (Fsp3) is 0.647. The predicted molar refractivity (Wildman–Crippen MR) is 87.8 cm³/mol. The van der Waals surface area contributed by atoms with Crippen LogP contribution in [0.15, 0.2) is 18.2 Å². The minimum atomic E-state index is -0.613. The number of hydrogen-bond acceptors (Lipinski definition) is 4. The lowest BCUT2D eigenvalue weighted by Gasteiger charge is -2.28. The Morgan fingerprint density at radius 3 is 2.52 bits per heavy atom. The van der Waals surface area contributed by atoms with E-state index in [1.165, 1.54) is 12.8 Å². The minimum absolute atomic E-state index is 0.0913. The summed E-state index contributed by atoms with van der Waals surface area (Å²) in [6.07, 6.45) is 6.47. The maximum atomic E-state index is 10.7. The van der Waals surface area contributed by atoms with Gasteiger partial charge in [0.25, 0.3) is 0 Å². The molecule has 0 radical (unpaired) electrons. The zero-order valence-electron chi connectivity index (χ0n) is 13.2. The van der Waals surface area contributed by atoms with Gasteiger partial charge in [-0.05, 0) is 38.8 Å². The topological polar surface area (TPSA) is 67.5 Å². The van der Waals surface area contributed by atoms with Crippen molar-refractivity contribution in [2.75, 3.05) is 17.6 Å². The molecule has 0 aromatic heterocycles. The summed E-state index contributed by atoms with van der Waals surface area (Å²) in [5.74, 6) is 0.697. The zero-order chi connectivity index (χ0) is 15.3. The lowest BCUT2D eigenvalue weighted by molar-refractivity contribution is 0.0381. The third kappa shape index (κ3) is 4.53. The average molecular weight is 292 g/mol. The van der Waals surface area contributed by atoms with Gasteiger partial charge in [-0.3, -0.25) is 0 Å². The molecule has 0 unspecified atom stereocenters. The third-order valence-corrected chi connectivity index (χ3v) is 4.07. The maximum Gasteiger partial charge on any atom is 0.144 e. The first-order valence-electron chi connectivity index (χ1n) is 8.02. The molecule has 1 aliphatic carbocycles. The van der Waals surface area contributed by atoms with Gasteiger partial charge in [-0.25, -0.2) is 0 Å². The highest BCUT2D eigenvalue weighted by Crippen LogP contribution is 2.32. The Balaban J connectivity index is 2.02. The molecule has 4 N–H and O–H groups in total. The lowest BCUT2D eigenvalue weighted by Crippen LogP contribution is -2.36. The Morgan fingerprint density at radius 1 is 1.24 bits per heavy atom. The van der Waals surface area contributed by atoms with E-state index < -0.39 is 5.60 Å². The lowest BCUT2D eigenvalue weighted by atomic mass is 9.94. The van der Waals surface area contributed by atoms with Gasteiger partial charge in [0, 0.05) is 6.54 Å². The van der Waals surface area contributed by atoms with Crippen LogP contribution in [0.2, 0.25) is 0 Å². The zero-order valence-corrected chi connectivity index (χ0v) is 13.2. The second-order valence-corrected chi connectivity index (χ2v) is 6.38. The number of rotatable bonds is 5. The second kappa shape index (κ2) is 7.03. The Kier molecular flexibility index (Phi) is 5.34. The predicted octanol–water partition coefficient (Wildman–Crippen LogP) is 3.55. The van der Waals surface area contributed by atoms with Crippen LogP contribution in [0.25, 0.3) is 0 Å². The van der Waals surface area contributed by atoms with Gasteiger partial charge in [0.15, 0.2) is 0 Å². The van der Waals surface area contributed by atoms with Crippen molar-refractivity contribution in [2.24, 2.45) is 0 Å². The van der Waals surface area contributed by atoms with Gasteiger partial charge >= 0.3 is 0 Å². The van der Waals surface area contributed by atoms with Gasteiger partial charge in [0.2, 0.25) is 0 Å². The molecule has 1 aromatic carbocycles. The summed E-state index contributed by atoms with van der Waals surface area (Å²) in [6, 6.07) is 5.73. The van der Waals surface area contributed by atoms with E-state index in [4.69, 9.17) is 10.5 Å². The summed E-state index contributed by atoms with van der Waals surface area (Å²) in [7, 11) is 0. The first-order chi connectivity index (χ1) is 10.0. The number of nitrogen functional groups attached to an aromatic ring is 1. The Bertz CT molecular complexity index is 452. The summed E-state index contributed by atoms with van der Waals surface area (Å²) in [6.45, 7) is 4.50. The van der Waals surface area contributed by atoms with E-state index >= 15 is 0 Å². The highest BCUT2D eigenvalue weighted by Gasteiger charge is 2.27. The Labute approximate surface area is 127 Å². The van der Waals surface area contributed by atoms with Gasteiger partial charge in [-0.15, -0.1) is 0 Å². The number of nitrogens with one attached hydrogen (secondary N) is 1. The molecule has 0 heterocycles. The second-order valence-electron chi connectivity index (χ2n) is 6.38. The first kappa shape index (κ1) is 16.0. The van der Waals surface area contributed by atoms with E-state index in [0.717, 1.165) is 31.4 Å². The number of benzene rings is 1. The van der Waals surface area contributed by atoms with Crippen LogP contribution in [-0.2, 0) is 0 Å². The van der Waals surface area contributed by atoms with Crippen LogP contribution < -0.4 is 15.8 Å². The fourth-order valence-corrected chi connectivity index (χ4v) is 2.88. The number of anilines is 2. The smallest absolute Gasteiger partial charge is 0.144 e. The number of nitrogens with two attached hydrogens (primary N) is 1. The molecule has 21 heavy (non-hydrogen) atoms. The summed E-state index contributed by atoms with van der Waals surface area (Å²) in [5, 5.41) is 14.0. The monoisotopic (exact) mass is 292 g/mol. The van der Waals surface area contributed by atoms with E-state index in [1.807, 2.05) is 32.0 Å². The van der Waals surface area contributed by atoms with Crippen LogP contribution in [0.1, 0.15) is 52.4 Å². The molecule has 0 amide bonds. The molecule has 1 aromatic rings. The van der Waals surface area contributed by atoms with E-state index in [2.05, 4.69) is 5.32 Å². The molecule has 2 rings (SSSR count). The van der Waals surface area contributed by atoms with Crippen molar-refractivity contribution < 1.29 is 9.84 Å². The quantitative estimate of drug-likeness (QED) is 0.573. The average Bonchev–Trinajstić information content (AvgIpc) is 2.65. The van der Waals surface area contributed by atoms with Crippen molar-refractivity contribution in [3.8, 4) is 5.75 Å². The highest BCUT2D eigenvalue weighted by atomic mass is 16.5. The summed E-state index contributed by atoms with van der Waals surface area (Å²) in [4.78, 5) is 0. The van der Waals surface area contributed by atoms with Crippen LogP contribution in [-0.4, -0.2) is 23.4 Å². The minimum Gasteiger partial charge on any atom is -0.489 e. The van der Waals surface area contributed by atoms with Crippen molar-refractivity contribution in [3.63, 3.8) is 0 Å². The number of para-hydroxylation sites is 1. The number of hydrogen-bond donors (Lipinski definition) is 3. The van der Waals surface area contributed by atoms with Crippen molar-refractivity contribution in [1.82, 2.24) is 0 Å². The van der Waals surface area contributed by atoms with Crippen LogP contribution in [0.4, 0.5) is 11.4 Å². The first-order valence-corrected chi connectivity index (χ1v) is 8.02. The molecule has 0 spiro atoms. The van der Waals surface area contributed by atoms with Gasteiger partial charge in [-0.2, -0.15) is 0 Å². The van der Waals surface area contributed by atoms with Gasteiger partial charge in [0.05, 0.1) is 23.1 Å². The van der Waals surface area contributed by atoms with Gasteiger partial charge in [-0.1, -0.05) is 31.7 Å². The fourth-order valence-electron chi connectivity index (χ4n) is 2.88. The van der Waals surface area contributed by atoms with Crippen LogP contribution >= 0.6 is 0 Å².